The molecule has 0 radical (unpaired) electrons. The monoisotopic (exact) mass is 388 g/mol. The average molecular weight is 389 g/mol. The molecule has 0 bridgehead atoms. The summed E-state index contributed by atoms with van der Waals surface area (Å²) in [5.41, 5.74) is 4.28. The molecule has 0 spiro atoms. The van der Waals surface area contributed by atoms with E-state index < -0.39 is 0 Å². The quantitative estimate of drug-likeness (QED) is 0.649. The molecule has 6 nitrogen and oxygen atoms in total. The number of carbonyl (C=O) groups is 1. The summed E-state index contributed by atoms with van der Waals surface area (Å²) < 4.78 is 7.88. The minimum absolute atomic E-state index is 0.0573. The normalized spacial score (nSPS) is 11.6. The lowest BCUT2D eigenvalue weighted by Crippen LogP contribution is -2.36. The van der Waals surface area contributed by atoms with Crippen LogP contribution in [-0.4, -0.2) is 44.6 Å². The van der Waals surface area contributed by atoms with Gasteiger partial charge in [0.1, 0.15) is 5.76 Å². The van der Waals surface area contributed by atoms with Crippen molar-refractivity contribution >= 4 is 5.91 Å². The van der Waals surface area contributed by atoms with E-state index in [0.29, 0.717) is 12.3 Å². The predicted octanol–water partition coefficient (Wildman–Crippen LogP) is 4.08. The Kier molecular flexibility index (Phi) is 7.47. The highest BCUT2D eigenvalue weighted by atomic mass is 16.4. The molecule has 2 aromatic rings. The predicted molar refractivity (Wildman–Crippen MR) is 112 cm³/mol. The minimum Gasteiger partial charge on any atom is -0.456 e. The zero-order chi connectivity index (χ0) is 21.0. The fourth-order valence-electron chi connectivity index (χ4n) is 3.54. The summed E-state index contributed by atoms with van der Waals surface area (Å²) in [6.45, 7) is 17.8. The molecule has 28 heavy (non-hydrogen) atoms. The summed E-state index contributed by atoms with van der Waals surface area (Å²) in [6.07, 6.45) is 0.784. The molecule has 6 heteroatoms. The molecule has 156 valence electrons. The minimum atomic E-state index is -0.0573. The molecule has 2 rings (SSSR count). The average Bonchev–Trinajstić information content (AvgIpc) is 3.17. The zero-order valence-corrected chi connectivity index (χ0v) is 18.8. The Hall–Kier alpha value is -2.08. The highest BCUT2D eigenvalue weighted by molar-refractivity contribution is 5.92. The van der Waals surface area contributed by atoms with E-state index in [2.05, 4.69) is 30.8 Å². The molecule has 0 atom stereocenters. The van der Waals surface area contributed by atoms with Crippen LogP contribution < -0.4 is 0 Å². The molecule has 1 amide bonds. The maximum Gasteiger partial charge on any atom is 0.290 e. The maximum atomic E-state index is 13.3. The topological polar surface area (TPSA) is 54.5 Å². The molecular formula is C22H36N4O2. The van der Waals surface area contributed by atoms with Crippen molar-refractivity contribution in [3.63, 3.8) is 0 Å². The molecular weight excluding hydrogens is 352 g/mol. The van der Waals surface area contributed by atoms with Gasteiger partial charge in [0.2, 0.25) is 0 Å². The molecule has 0 aliphatic rings. The first-order valence-corrected chi connectivity index (χ1v) is 10.4. The van der Waals surface area contributed by atoms with Crippen LogP contribution in [0.3, 0.4) is 0 Å². The number of rotatable bonds is 9. The number of furan rings is 1. The van der Waals surface area contributed by atoms with Gasteiger partial charge < -0.3 is 9.32 Å². The van der Waals surface area contributed by atoms with Gasteiger partial charge in [0.05, 0.1) is 5.69 Å². The fourth-order valence-corrected chi connectivity index (χ4v) is 3.54. The Morgan fingerprint density at radius 1 is 1.18 bits per heavy atom. The van der Waals surface area contributed by atoms with Crippen LogP contribution in [0, 0.1) is 13.8 Å². The molecule has 0 aromatic carbocycles. The summed E-state index contributed by atoms with van der Waals surface area (Å²) in [6, 6.07) is 2.01. The van der Waals surface area contributed by atoms with Gasteiger partial charge in [0, 0.05) is 49.4 Å². The first-order valence-electron chi connectivity index (χ1n) is 10.4. The van der Waals surface area contributed by atoms with Crippen LogP contribution in [0.1, 0.15) is 73.4 Å². The van der Waals surface area contributed by atoms with Gasteiger partial charge in [-0.3, -0.25) is 14.4 Å². The molecule has 2 aromatic heterocycles. The van der Waals surface area contributed by atoms with Gasteiger partial charge in [0.15, 0.2) is 5.76 Å². The Balaban J connectivity index is 2.31. The third kappa shape index (κ3) is 4.66. The van der Waals surface area contributed by atoms with Crippen molar-refractivity contribution in [3.8, 4) is 0 Å². The van der Waals surface area contributed by atoms with Crippen molar-refractivity contribution in [1.82, 2.24) is 19.6 Å². The highest BCUT2D eigenvalue weighted by Gasteiger charge is 2.26. The summed E-state index contributed by atoms with van der Waals surface area (Å²) >= 11 is 0. The van der Waals surface area contributed by atoms with Gasteiger partial charge in [-0.1, -0.05) is 20.8 Å². The Morgan fingerprint density at radius 3 is 2.29 bits per heavy atom. The molecule has 0 unspecified atom stereocenters. The van der Waals surface area contributed by atoms with Crippen LogP contribution in [0.15, 0.2) is 10.5 Å². The lowest BCUT2D eigenvalue weighted by atomic mass is 10.1. The SMILES string of the molecule is CCc1oc(C(=O)N(Cc2c(C)nn(C)c2C)C(C)C)cc1CN(CC)CC. The summed E-state index contributed by atoms with van der Waals surface area (Å²) in [5, 5.41) is 4.49. The summed E-state index contributed by atoms with van der Waals surface area (Å²) in [4.78, 5) is 17.5. The lowest BCUT2D eigenvalue weighted by Gasteiger charge is -2.26. The van der Waals surface area contributed by atoms with Gasteiger partial charge in [0.25, 0.3) is 5.91 Å². The Bertz CT molecular complexity index is 800. The third-order valence-corrected chi connectivity index (χ3v) is 5.59. The molecule has 0 aliphatic heterocycles. The Morgan fingerprint density at radius 2 is 1.82 bits per heavy atom. The van der Waals surface area contributed by atoms with Gasteiger partial charge in [-0.2, -0.15) is 5.10 Å². The van der Waals surface area contributed by atoms with Crippen LogP contribution in [-0.2, 0) is 26.6 Å². The number of hydrogen-bond acceptors (Lipinski definition) is 4. The molecule has 2 heterocycles. The first kappa shape index (κ1) is 22.2. The van der Waals surface area contributed by atoms with Gasteiger partial charge in [-0.05, 0) is 46.9 Å². The third-order valence-electron chi connectivity index (χ3n) is 5.59. The first-order chi connectivity index (χ1) is 13.2. The van der Waals surface area contributed by atoms with Crippen LogP contribution in [0.5, 0.6) is 0 Å². The van der Waals surface area contributed by atoms with E-state index in [4.69, 9.17) is 4.42 Å². The van der Waals surface area contributed by atoms with Gasteiger partial charge in [-0.25, -0.2) is 0 Å². The number of hydrogen-bond donors (Lipinski definition) is 0. The van der Waals surface area contributed by atoms with Crippen molar-refractivity contribution < 1.29 is 9.21 Å². The van der Waals surface area contributed by atoms with E-state index in [0.717, 1.165) is 54.3 Å². The molecule has 0 fully saturated rings. The maximum absolute atomic E-state index is 13.3. The van der Waals surface area contributed by atoms with Gasteiger partial charge >= 0.3 is 0 Å². The van der Waals surface area contributed by atoms with E-state index in [1.54, 1.807) is 0 Å². The smallest absolute Gasteiger partial charge is 0.290 e. The van der Waals surface area contributed by atoms with Crippen molar-refractivity contribution in [1.29, 1.82) is 0 Å². The van der Waals surface area contributed by atoms with Crippen molar-refractivity contribution in [2.24, 2.45) is 7.05 Å². The van der Waals surface area contributed by atoms with Crippen molar-refractivity contribution in [2.45, 2.75) is 74.0 Å². The number of aromatic nitrogens is 2. The summed E-state index contributed by atoms with van der Waals surface area (Å²) in [7, 11) is 1.94. The lowest BCUT2D eigenvalue weighted by molar-refractivity contribution is 0.0655. The standard InChI is InChI=1S/C22H36N4O2/c1-9-20-18(13-25(10-2)11-3)12-21(28-20)22(27)26(15(4)5)14-19-16(6)23-24(8)17(19)7/h12,15H,9-11,13-14H2,1-8H3. The van der Waals surface area contributed by atoms with Crippen LogP contribution in [0.25, 0.3) is 0 Å². The van der Waals surface area contributed by atoms with E-state index in [1.807, 2.05) is 50.4 Å². The number of amides is 1. The number of carbonyl (C=O) groups excluding carboxylic acids is 1. The largest absolute Gasteiger partial charge is 0.456 e. The highest BCUT2D eigenvalue weighted by Crippen LogP contribution is 2.23. The molecule has 0 saturated carbocycles. The fraction of sp³-hybridized carbons (Fsp3) is 0.636. The van der Waals surface area contributed by atoms with E-state index in [1.165, 1.54) is 0 Å². The van der Waals surface area contributed by atoms with Crippen LogP contribution in [0.2, 0.25) is 0 Å². The van der Waals surface area contributed by atoms with E-state index in [9.17, 15) is 4.79 Å². The number of nitrogens with zero attached hydrogens (tertiary/aromatic N) is 4. The van der Waals surface area contributed by atoms with E-state index >= 15 is 0 Å². The van der Waals surface area contributed by atoms with Gasteiger partial charge in [-0.15, -0.1) is 0 Å². The molecule has 0 N–H and O–H groups in total. The van der Waals surface area contributed by atoms with Crippen molar-refractivity contribution in [3.05, 3.63) is 40.1 Å². The molecule has 0 aliphatic carbocycles. The van der Waals surface area contributed by atoms with Crippen LogP contribution >= 0.6 is 0 Å². The van der Waals surface area contributed by atoms with Crippen LogP contribution in [0.4, 0.5) is 0 Å². The summed E-state index contributed by atoms with van der Waals surface area (Å²) in [5.74, 6) is 1.29. The second-order valence-electron chi connectivity index (χ2n) is 7.67. The zero-order valence-electron chi connectivity index (χ0n) is 18.8. The van der Waals surface area contributed by atoms with E-state index in [-0.39, 0.29) is 11.9 Å². The van der Waals surface area contributed by atoms with Crippen molar-refractivity contribution in [2.75, 3.05) is 13.1 Å². The second kappa shape index (κ2) is 9.41. The molecule has 0 saturated heterocycles. The number of aryl methyl sites for hydroxylation is 3. The second-order valence-corrected chi connectivity index (χ2v) is 7.67. The Labute approximate surface area is 169 Å².